The highest BCUT2D eigenvalue weighted by molar-refractivity contribution is 6.30. The molecule has 3 rings (SSSR count). The molecule has 1 aliphatic heterocycles. The average molecular weight is 288 g/mol. The first kappa shape index (κ1) is 13.0. The van der Waals surface area contributed by atoms with Gasteiger partial charge in [-0.05, 0) is 42.3 Å². The lowest BCUT2D eigenvalue weighted by Gasteiger charge is -2.29. The van der Waals surface area contributed by atoms with Crippen molar-refractivity contribution in [3.8, 4) is 5.75 Å². The summed E-state index contributed by atoms with van der Waals surface area (Å²) in [6.45, 7) is 2.61. The van der Waals surface area contributed by atoms with Crippen LogP contribution in [0.15, 0.2) is 42.5 Å². The van der Waals surface area contributed by atoms with E-state index in [4.69, 9.17) is 16.3 Å². The quantitative estimate of drug-likeness (QED) is 0.845. The molecular weight excluding hydrogens is 274 g/mol. The van der Waals surface area contributed by atoms with E-state index in [9.17, 15) is 4.79 Å². The number of halogens is 1. The Hall–Kier alpha value is -2.00. The molecule has 0 aromatic heterocycles. The van der Waals surface area contributed by atoms with Gasteiger partial charge < -0.3 is 9.64 Å². The molecule has 1 aliphatic rings. The summed E-state index contributed by atoms with van der Waals surface area (Å²) in [5.74, 6) is 0.724. The van der Waals surface area contributed by atoms with E-state index >= 15 is 0 Å². The number of rotatable bonds is 2. The van der Waals surface area contributed by atoms with E-state index < -0.39 is 0 Å². The van der Waals surface area contributed by atoms with Crippen molar-refractivity contribution in [2.75, 3.05) is 11.5 Å². The third-order valence-corrected chi connectivity index (χ3v) is 3.56. The Morgan fingerprint density at radius 3 is 2.70 bits per heavy atom. The van der Waals surface area contributed by atoms with Crippen LogP contribution in [0.4, 0.5) is 5.69 Å². The van der Waals surface area contributed by atoms with Crippen LogP contribution in [0.2, 0.25) is 5.02 Å². The summed E-state index contributed by atoms with van der Waals surface area (Å²) in [6.07, 6.45) is 0. The normalized spacial score (nSPS) is 13.9. The fourth-order valence-corrected chi connectivity index (χ4v) is 2.38. The molecule has 2 aromatic rings. The van der Waals surface area contributed by atoms with Crippen molar-refractivity contribution in [2.24, 2.45) is 0 Å². The highest BCUT2D eigenvalue weighted by atomic mass is 35.5. The van der Waals surface area contributed by atoms with Crippen molar-refractivity contribution < 1.29 is 9.53 Å². The van der Waals surface area contributed by atoms with Gasteiger partial charge in [-0.15, -0.1) is 0 Å². The summed E-state index contributed by atoms with van der Waals surface area (Å²) in [5.41, 5.74) is 2.97. The minimum absolute atomic E-state index is 0.0296. The Labute approximate surface area is 122 Å². The molecule has 1 heterocycles. The van der Waals surface area contributed by atoms with E-state index in [0.717, 1.165) is 22.6 Å². The molecule has 4 heteroatoms. The summed E-state index contributed by atoms with van der Waals surface area (Å²) < 4.78 is 5.47. The lowest BCUT2D eigenvalue weighted by Crippen LogP contribution is -2.38. The molecule has 0 bridgehead atoms. The van der Waals surface area contributed by atoms with Crippen molar-refractivity contribution >= 4 is 23.2 Å². The summed E-state index contributed by atoms with van der Waals surface area (Å²) in [6, 6.07) is 13.4. The van der Waals surface area contributed by atoms with Crippen molar-refractivity contribution in [3.63, 3.8) is 0 Å². The van der Waals surface area contributed by atoms with Gasteiger partial charge in [0, 0.05) is 5.02 Å². The molecule has 2 aromatic carbocycles. The number of anilines is 1. The van der Waals surface area contributed by atoms with Gasteiger partial charge in [-0.1, -0.05) is 29.8 Å². The second-order valence-corrected chi connectivity index (χ2v) is 5.30. The Morgan fingerprint density at radius 2 is 1.95 bits per heavy atom. The number of carbonyl (C=O) groups excluding carboxylic acids is 1. The van der Waals surface area contributed by atoms with Crippen LogP contribution in [0.3, 0.4) is 0 Å². The van der Waals surface area contributed by atoms with Crippen molar-refractivity contribution in [1.29, 1.82) is 0 Å². The van der Waals surface area contributed by atoms with Crippen LogP contribution in [-0.2, 0) is 11.3 Å². The Bertz CT molecular complexity index is 652. The zero-order valence-electron chi connectivity index (χ0n) is 11.1. The van der Waals surface area contributed by atoms with Crippen molar-refractivity contribution in [2.45, 2.75) is 13.5 Å². The zero-order valence-corrected chi connectivity index (χ0v) is 11.9. The van der Waals surface area contributed by atoms with E-state index in [1.54, 1.807) is 4.90 Å². The first-order valence-corrected chi connectivity index (χ1v) is 6.79. The second-order valence-electron chi connectivity index (χ2n) is 4.87. The van der Waals surface area contributed by atoms with Crippen LogP contribution in [0.1, 0.15) is 11.1 Å². The van der Waals surface area contributed by atoms with Gasteiger partial charge in [-0.25, -0.2) is 0 Å². The van der Waals surface area contributed by atoms with Crippen LogP contribution in [0.25, 0.3) is 0 Å². The number of hydrogen-bond donors (Lipinski definition) is 0. The summed E-state index contributed by atoms with van der Waals surface area (Å²) in [5, 5.41) is 0.693. The van der Waals surface area contributed by atoms with Crippen LogP contribution in [0, 0.1) is 6.92 Å². The largest absolute Gasteiger partial charge is 0.482 e. The minimum Gasteiger partial charge on any atom is -0.482 e. The highest BCUT2D eigenvalue weighted by Crippen LogP contribution is 2.33. The monoisotopic (exact) mass is 287 g/mol. The molecule has 0 atom stereocenters. The van der Waals surface area contributed by atoms with Gasteiger partial charge in [0.05, 0.1) is 12.2 Å². The van der Waals surface area contributed by atoms with Gasteiger partial charge in [0.25, 0.3) is 5.91 Å². The Balaban J connectivity index is 1.94. The van der Waals surface area contributed by atoms with Gasteiger partial charge in [0.1, 0.15) is 5.75 Å². The number of ether oxygens (including phenoxy) is 1. The molecule has 3 nitrogen and oxygen atoms in total. The van der Waals surface area contributed by atoms with Gasteiger partial charge in [0.15, 0.2) is 6.61 Å². The molecule has 0 N–H and O–H groups in total. The highest BCUT2D eigenvalue weighted by Gasteiger charge is 2.25. The molecular formula is C16H14ClNO2. The molecule has 0 saturated heterocycles. The Kier molecular flexibility index (Phi) is 3.36. The molecule has 0 saturated carbocycles. The molecule has 1 amide bonds. The third kappa shape index (κ3) is 2.49. The summed E-state index contributed by atoms with van der Waals surface area (Å²) >= 11 is 5.88. The topological polar surface area (TPSA) is 29.5 Å². The van der Waals surface area contributed by atoms with E-state index in [-0.39, 0.29) is 12.5 Å². The van der Waals surface area contributed by atoms with Crippen LogP contribution < -0.4 is 9.64 Å². The van der Waals surface area contributed by atoms with Gasteiger partial charge >= 0.3 is 0 Å². The number of aryl methyl sites for hydroxylation is 1. The number of benzene rings is 2. The molecule has 20 heavy (non-hydrogen) atoms. The van der Waals surface area contributed by atoms with Crippen LogP contribution in [0.5, 0.6) is 5.75 Å². The molecule has 0 spiro atoms. The van der Waals surface area contributed by atoms with Crippen molar-refractivity contribution in [1.82, 2.24) is 0 Å². The smallest absolute Gasteiger partial charge is 0.265 e. The fourth-order valence-electron chi connectivity index (χ4n) is 2.26. The minimum atomic E-state index is -0.0296. The molecule has 0 radical (unpaired) electrons. The zero-order chi connectivity index (χ0) is 14.1. The maximum Gasteiger partial charge on any atom is 0.265 e. The maximum atomic E-state index is 12.1. The Morgan fingerprint density at radius 1 is 1.20 bits per heavy atom. The molecule has 0 fully saturated rings. The van der Waals surface area contributed by atoms with Crippen LogP contribution >= 0.6 is 11.6 Å². The lowest BCUT2D eigenvalue weighted by atomic mass is 10.1. The second kappa shape index (κ2) is 5.17. The van der Waals surface area contributed by atoms with Gasteiger partial charge in [-0.3, -0.25) is 4.79 Å². The summed E-state index contributed by atoms with van der Waals surface area (Å²) in [7, 11) is 0. The van der Waals surface area contributed by atoms with Gasteiger partial charge in [-0.2, -0.15) is 0 Å². The number of nitrogens with zero attached hydrogens (tertiary/aromatic N) is 1. The van der Waals surface area contributed by atoms with Crippen molar-refractivity contribution in [3.05, 3.63) is 58.6 Å². The molecule has 0 unspecified atom stereocenters. The van der Waals surface area contributed by atoms with E-state index in [0.29, 0.717) is 11.6 Å². The van der Waals surface area contributed by atoms with Crippen LogP contribution in [-0.4, -0.2) is 12.5 Å². The lowest BCUT2D eigenvalue weighted by molar-refractivity contribution is -0.121. The molecule has 0 aliphatic carbocycles. The maximum absolute atomic E-state index is 12.1. The predicted octanol–water partition coefficient (Wildman–Crippen LogP) is 3.57. The van der Waals surface area contributed by atoms with Gasteiger partial charge in [0.2, 0.25) is 0 Å². The van der Waals surface area contributed by atoms with E-state index in [2.05, 4.69) is 0 Å². The third-order valence-electron chi connectivity index (χ3n) is 3.31. The SMILES string of the molecule is Cc1ccc2c(c1)N(Cc1ccc(Cl)cc1)C(=O)CO2. The van der Waals surface area contributed by atoms with E-state index in [1.807, 2.05) is 49.4 Å². The predicted molar refractivity (Wildman–Crippen MR) is 79.3 cm³/mol. The fraction of sp³-hybridized carbons (Fsp3) is 0.188. The molecule has 102 valence electrons. The summed E-state index contributed by atoms with van der Waals surface area (Å²) in [4.78, 5) is 13.9. The van der Waals surface area contributed by atoms with E-state index in [1.165, 1.54) is 0 Å². The average Bonchev–Trinajstić information content (AvgIpc) is 2.44. The first-order chi connectivity index (χ1) is 9.63. The number of amides is 1. The standard InChI is InChI=1S/C16H14ClNO2/c1-11-2-7-15-14(8-11)18(16(19)10-20-15)9-12-3-5-13(17)6-4-12/h2-8H,9-10H2,1H3. The first-order valence-electron chi connectivity index (χ1n) is 6.42. The number of hydrogen-bond acceptors (Lipinski definition) is 2. The number of carbonyl (C=O) groups is 1. The number of fused-ring (bicyclic) bond motifs is 1.